The zero-order chi connectivity index (χ0) is 19.5. The van der Waals surface area contributed by atoms with Gasteiger partial charge in [-0.15, -0.1) is 0 Å². The van der Waals surface area contributed by atoms with Crippen LogP contribution >= 0.6 is 0 Å². The lowest BCUT2D eigenvalue weighted by atomic mass is 9.48. The number of rotatable bonds is 4. The minimum Gasteiger partial charge on any atom is -0.455 e. The summed E-state index contributed by atoms with van der Waals surface area (Å²) in [6.45, 7) is -0.365. The van der Waals surface area contributed by atoms with Gasteiger partial charge in [-0.3, -0.25) is 9.59 Å². The Balaban J connectivity index is 1.22. The van der Waals surface area contributed by atoms with Gasteiger partial charge in [-0.1, -0.05) is 0 Å². The number of H-pyrrole nitrogens is 2. The Hall–Kier alpha value is -2.61. The Morgan fingerprint density at radius 1 is 1.14 bits per heavy atom. The third-order valence-corrected chi connectivity index (χ3v) is 6.60. The summed E-state index contributed by atoms with van der Waals surface area (Å²) in [5, 5.41) is 13.4. The van der Waals surface area contributed by atoms with Crippen LogP contribution < -0.4 is 11.0 Å². The van der Waals surface area contributed by atoms with E-state index in [1.165, 1.54) is 0 Å². The standard InChI is InChI=1S/C20H23N3O5/c24-16(21-13-1-2-14-15(4-13)23-18(26)22-14)9-28-17(25)19-5-11-3-12(6-19)8-20(27,7-11)10-19/h1-2,4,11-12,27H,3,5-10H2,(H,21,24)(H2,22,23,26)/t11-,12-,19?,20?/m0/s1. The molecular weight excluding hydrogens is 362 g/mol. The SMILES string of the molecule is O=C(COC(=O)C12C[C@@H]3C[C@H](CC(O)(C3)C1)C2)Nc1ccc2[nH]c(=O)[nH]c2c1. The van der Waals surface area contributed by atoms with Crippen molar-refractivity contribution in [3.8, 4) is 0 Å². The zero-order valence-corrected chi connectivity index (χ0v) is 15.4. The van der Waals surface area contributed by atoms with Crippen molar-refractivity contribution in [2.75, 3.05) is 11.9 Å². The van der Waals surface area contributed by atoms with Crippen molar-refractivity contribution in [2.24, 2.45) is 17.3 Å². The van der Waals surface area contributed by atoms with Gasteiger partial charge in [0.2, 0.25) is 0 Å². The number of ether oxygens (including phenoxy) is 1. The van der Waals surface area contributed by atoms with Crippen LogP contribution in [0.3, 0.4) is 0 Å². The molecule has 2 aromatic rings. The Bertz CT molecular complexity index is 1010. The molecule has 8 nitrogen and oxygen atoms in total. The van der Waals surface area contributed by atoms with Crippen LogP contribution in [0.5, 0.6) is 0 Å². The molecule has 0 unspecified atom stereocenters. The Morgan fingerprint density at radius 3 is 2.57 bits per heavy atom. The topological polar surface area (TPSA) is 124 Å². The maximum Gasteiger partial charge on any atom is 0.323 e. The van der Waals surface area contributed by atoms with Gasteiger partial charge in [-0.05, 0) is 68.6 Å². The molecule has 0 spiro atoms. The van der Waals surface area contributed by atoms with Crippen molar-refractivity contribution in [1.29, 1.82) is 0 Å². The van der Waals surface area contributed by atoms with Crippen LogP contribution in [0.15, 0.2) is 23.0 Å². The van der Waals surface area contributed by atoms with Crippen LogP contribution in [0.1, 0.15) is 38.5 Å². The van der Waals surface area contributed by atoms with E-state index in [-0.39, 0.29) is 18.3 Å². The molecule has 148 valence electrons. The summed E-state index contributed by atoms with van der Waals surface area (Å²) >= 11 is 0. The summed E-state index contributed by atoms with van der Waals surface area (Å²) in [6, 6.07) is 4.99. The van der Waals surface area contributed by atoms with E-state index < -0.39 is 16.9 Å². The lowest BCUT2D eigenvalue weighted by molar-refractivity contribution is -0.196. The monoisotopic (exact) mass is 385 g/mol. The van der Waals surface area contributed by atoms with Gasteiger partial charge in [0.15, 0.2) is 6.61 Å². The number of hydrogen-bond donors (Lipinski definition) is 4. The highest BCUT2D eigenvalue weighted by atomic mass is 16.5. The predicted molar refractivity (Wildman–Crippen MR) is 101 cm³/mol. The van der Waals surface area contributed by atoms with Crippen LogP contribution in [0, 0.1) is 17.3 Å². The molecule has 4 aliphatic carbocycles. The average Bonchev–Trinajstić information content (AvgIpc) is 2.96. The molecule has 4 bridgehead atoms. The average molecular weight is 385 g/mol. The number of imidazole rings is 1. The van der Waals surface area contributed by atoms with Gasteiger partial charge in [-0.25, -0.2) is 4.79 Å². The van der Waals surface area contributed by atoms with E-state index in [0.29, 0.717) is 35.0 Å². The number of hydrogen-bond acceptors (Lipinski definition) is 5. The molecule has 0 saturated heterocycles. The van der Waals surface area contributed by atoms with E-state index in [4.69, 9.17) is 4.74 Å². The number of aromatic nitrogens is 2. The van der Waals surface area contributed by atoms with E-state index in [1.54, 1.807) is 18.2 Å². The van der Waals surface area contributed by atoms with Crippen molar-refractivity contribution >= 4 is 28.6 Å². The van der Waals surface area contributed by atoms with Crippen molar-refractivity contribution in [2.45, 2.75) is 44.1 Å². The van der Waals surface area contributed by atoms with Gasteiger partial charge in [-0.2, -0.15) is 0 Å². The maximum atomic E-state index is 12.8. The summed E-state index contributed by atoms with van der Waals surface area (Å²) in [4.78, 5) is 41.6. The largest absolute Gasteiger partial charge is 0.455 e. The van der Waals surface area contributed by atoms with Gasteiger partial charge in [0.1, 0.15) is 0 Å². The second-order valence-corrected chi connectivity index (χ2v) is 8.93. The highest BCUT2D eigenvalue weighted by molar-refractivity contribution is 5.95. The molecule has 8 heteroatoms. The van der Waals surface area contributed by atoms with Gasteiger partial charge in [0, 0.05) is 5.69 Å². The number of carbonyl (C=O) groups excluding carboxylic acids is 2. The first-order valence-electron chi connectivity index (χ1n) is 9.74. The zero-order valence-electron chi connectivity index (χ0n) is 15.4. The normalized spacial score (nSPS) is 33.2. The van der Waals surface area contributed by atoms with E-state index in [9.17, 15) is 19.5 Å². The van der Waals surface area contributed by atoms with Crippen molar-refractivity contribution in [3.05, 3.63) is 28.7 Å². The van der Waals surface area contributed by atoms with E-state index in [1.807, 2.05) is 0 Å². The molecule has 28 heavy (non-hydrogen) atoms. The van der Waals surface area contributed by atoms with Crippen LogP contribution in [-0.4, -0.2) is 39.2 Å². The lowest BCUT2D eigenvalue weighted by Crippen LogP contribution is -2.58. The highest BCUT2D eigenvalue weighted by Gasteiger charge is 2.60. The minimum absolute atomic E-state index is 0.315. The second-order valence-electron chi connectivity index (χ2n) is 8.93. The summed E-state index contributed by atoms with van der Waals surface area (Å²) in [5.41, 5.74) is 0.0463. The Morgan fingerprint density at radius 2 is 1.86 bits per heavy atom. The number of esters is 1. The number of carbonyl (C=O) groups is 2. The van der Waals surface area contributed by atoms with Gasteiger partial charge in [0.25, 0.3) is 5.91 Å². The van der Waals surface area contributed by atoms with E-state index >= 15 is 0 Å². The van der Waals surface area contributed by atoms with Gasteiger partial charge < -0.3 is 25.1 Å². The van der Waals surface area contributed by atoms with Crippen LogP contribution in [0.25, 0.3) is 11.0 Å². The van der Waals surface area contributed by atoms with Gasteiger partial charge in [0.05, 0.1) is 22.0 Å². The predicted octanol–water partition coefficient (Wildman–Crippen LogP) is 1.67. The molecule has 0 radical (unpaired) electrons. The summed E-state index contributed by atoms with van der Waals surface area (Å²) in [7, 11) is 0. The molecule has 4 N–H and O–H groups in total. The molecule has 1 amide bonds. The molecule has 0 aliphatic heterocycles. The van der Waals surface area contributed by atoms with Crippen LogP contribution in [-0.2, 0) is 14.3 Å². The molecular formula is C20H23N3O5. The summed E-state index contributed by atoms with van der Waals surface area (Å²) < 4.78 is 5.37. The first-order valence-corrected chi connectivity index (χ1v) is 9.74. The van der Waals surface area contributed by atoms with Crippen LogP contribution in [0.2, 0.25) is 0 Å². The van der Waals surface area contributed by atoms with E-state index in [2.05, 4.69) is 15.3 Å². The molecule has 1 heterocycles. The molecule has 6 rings (SSSR count). The minimum atomic E-state index is -0.742. The first-order chi connectivity index (χ1) is 13.3. The van der Waals surface area contributed by atoms with Crippen molar-refractivity contribution in [3.63, 3.8) is 0 Å². The van der Waals surface area contributed by atoms with E-state index in [0.717, 1.165) is 32.1 Å². The molecule has 2 atom stereocenters. The summed E-state index contributed by atoms with van der Waals surface area (Å²) in [6.07, 6.45) is 4.60. The quantitative estimate of drug-likeness (QED) is 0.596. The third kappa shape index (κ3) is 2.92. The van der Waals surface area contributed by atoms with Crippen molar-refractivity contribution in [1.82, 2.24) is 9.97 Å². The fourth-order valence-electron chi connectivity index (χ4n) is 6.04. The number of amides is 1. The molecule has 4 fully saturated rings. The number of aliphatic hydroxyl groups is 1. The van der Waals surface area contributed by atoms with Crippen molar-refractivity contribution < 1.29 is 19.4 Å². The fourth-order valence-corrected chi connectivity index (χ4v) is 6.04. The lowest BCUT2D eigenvalue weighted by Gasteiger charge is -2.58. The number of nitrogens with one attached hydrogen (secondary N) is 3. The Kier molecular flexibility index (Phi) is 3.71. The molecule has 1 aromatic carbocycles. The smallest absolute Gasteiger partial charge is 0.323 e. The molecule has 1 aromatic heterocycles. The first kappa shape index (κ1) is 17.5. The molecule has 4 aliphatic rings. The fraction of sp³-hybridized carbons (Fsp3) is 0.550. The highest BCUT2D eigenvalue weighted by Crippen LogP contribution is 2.61. The maximum absolute atomic E-state index is 12.8. The Labute approximate surface area is 160 Å². The number of anilines is 1. The number of aromatic amines is 2. The van der Waals surface area contributed by atoms with Crippen LogP contribution in [0.4, 0.5) is 5.69 Å². The second kappa shape index (κ2) is 5.94. The number of fused-ring (bicyclic) bond motifs is 1. The molecule has 4 saturated carbocycles. The van der Waals surface area contributed by atoms with Gasteiger partial charge >= 0.3 is 11.7 Å². The number of benzene rings is 1. The third-order valence-electron chi connectivity index (χ3n) is 6.60. The summed E-state index contributed by atoms with van der Waals surface area (Å²) in [5.74, 6) is -0.0414.